The minimum atomic E-state index is -0.597. The summed E-state index contributed by atoms with van der Waals surface area (Å²) in [5.41, 5.74) is 7.42. The van der Waals surface area contributed by atoms with Crippen molar-refractivity contribution < 1.29 is 13.9 Å². The van der Waals surface area contributed by atoms with Crippen molar-refractivity contribution in [1.29, 1.82) is 0 Å². The normalized spacial score (nSPS) is 12.0. The van der Waals surface area contributed by atoms with E-state index in [-0.39, 0.29) is 23.3 Å². The highest BCUT2D eigenvalue weighted by Gasteiger charge is 2.21. The van der Waals surface area contributed by atoms with Crippen LogP contribution in [0.4, 0.5) is 20.8 Å². The number of benzene rings is 1. The van der Waals surface area contributed by atoms with Crippen molar-refractivity contribution in [3.05, 3.63) is 41.4 Å². The van der Waals surface area contributed by atoms with Crippen LogP contribution in [-0.2, 0) is 4.74 Å². The third-order valence-electron chi connectivity index (χ3n) is 4.63. The van der Waals surface area contributed by atoms with E-state index >= 15 is 0 Å². The molecule has 170 valence electrons. The second-order valence-corrected chi connectivity index (χ2v) is 7.94. The van der Waals surface area contributed by atoms with Crippen LogP contribution in [-0.4, -0.2) is 45.5 Å². The molecule has 0 fully saturated rings. The molecule has 0 aliphatic carbocycles. The van der Waals surface area contributed by atoms with Crippen molar-refractivity contribution in [2.24, 2.45) is 0 Å². The molecular weight excluding hydrogens is 437 g/mol. The Morgan fingerprint density at radius 1 is 1.31 bits per heavy atom. The fourth-order valence-electron chi connectivity index (χ4n) is 2.97. The van der Waals surface area contributed by atoms with E-state index < -0.39 is 11.9 Å². The topological polar surface area (TPSA) is 120 Å². The van der Waals surface area contributed by atoms with E-state index in [1.165, 1.54) is 19.2 Å². The zero-order valence-electron chi connectivity index (χ0n) is 18.2. The number of nitrogen functional groups attached to an aromatic ring is 1. The molecule has 1 aromatic carbocycles. The predicted octanol–water partition coefficient (Wildman–Crippen LogP) is 4.12. The molecule has 1 unspecified atom stereocenters. The smallest absolute Gasteiger partial charge is 0.407 e. The summed E-state index contributed by atoms with van der Waals surface area (Å²) >= 11 is 6.13. The lowest BCUT2D eigenvalue weighted by Crippen LogP contribution is -2.37. The lowest BCUT2D eigenvalue weighted by Gasteiger charge is -2.14. The van der Waals surface area contributed by atoms with Crippen LogP contribution in [0.1, 0.15) is 26.8 Å². The number of amides is 1. The molecule has 1 amide bonds. The number of halogens is 2. The van der Waals surface area contributed by atoms with E-state index in [9.17, 15) is 9.18 Å². The predicted molar refractivity (Wildman–Crippen MR) is 122 cm³/mol. The number of aromatic nitrogens is 4. The van der Waals surface area contributed by atoms with Gasteiger partial charge in [-0.3, -0.25) is 4.68 Å². The number of carbonyl (C=O) groups excluding carboxylic acids is 1. The summed E-state index contributed by atoms with van der Waals surface area (Å²) in [4.78, 5) is 20.1. The molecule has 0 saturated carbocycles. The average Bonchev–Trinajstić information content (AvgIpc) is 3.20. The molecule has 0 aliphatic rings. The van der Waals surface area contributed by atoms with E-state index in [0.29, 0.717) is 34.5 Å². The molecule has 0 aliphatic heterocycles. The second kappa shape index (κ2) is 9.82. The monoisotopic (exact) mass is 461 g/mol. The first-order valence-electron chi connectivity index (χ1n) is 9.95. The fraction of sp³-hybridized carbons (Fsp3) is 0.333. The number of anilines is 2. The molecule has 3 aromatic rings. The molecule has 32 heavy (non-hydrogen) atoms. The molecule has 3 rings (SSSR count). The van der Waals surface area contributed by atoms with Gasteiger partial charge in [-0.15, -0.1) is 0 Å². The summed E-state index contributed by atoms with van der Waals surface area (Å²) in [6, 6.07) is 4.36. The quantitative estimate of drug-likeness (QED) is 0.452. The maximum Gasteiger partial charge on any atom is 0.407 e. The van der Waals surface area contributed by atoms with Crippen molar-refractivity contribution in [1.82, 2.24) is 25.1 Å². The van der Waals surface area contributed by atoms with Gasteiger partial charge < -0.3 is 21.1 Å². The first-order valence-corrected chi connectivity index (χ1v) is 10.3. The minimum Gasteiger partial charge on any atom is -0.453 e. The highest BCUT2D eigenvalue weighted by atomic mass is 35.5. The Labute approximate surface area is 190 Å². The summed E-state index contributed by atoms with van der Waals surface area (Å²) < 4.78 is 21.2. The van der Waals surface area contributed by atoms with Crippen molar-refractivity contribution in [2.45, 2.75) is 32.9 Å². The molecule has 2 aromatic heterocycles. The third kappa shape index (κ3) is 5.25. The fourth-order valence-corrected chi connectivity index (χ4v) is 3.20. The molecule has 1 atom stereocenters. The number of hydrogen-bond acceptors (Lipinski definition) is 7. The average molecular weight is 462 g/mol. The maximum atomic E-state index is 14.9. The Bertz CT molecular complexity index is 1120. The highest BCUT2D eigenvalue weighted by molar-refractivity contribution is 6.31. The lowest BCUT2D eigenvalue weighted by atomic mass is 10.0. The van der Waals surface area contributed by atoms with Gasteiger partial charge >= 0.3 is 6.09 Å². The van der Waals surface area contributed by atoms with E-state index in [1.807, 2.05) is 20.8 Å². The van der Waals surface area contributed by atoms with E-state index in [0.717, 1.165) is 0 Å². The van der Waals surface area contributed by atoms with Crippen LogP contribution in [0.5, 0.6) is 0 Å². The molecule has 4 N–H and O–H groups in total. The van der Waals surface area contributed by atoms with Gasteiger partial charge in [0.1, 0.15) is 5.69 Å². The summed E-state index contributed by atoms with van der Waals surface area (Å²) in [7, 11) is 1.30. The van der Waals surface area contributed by atoms with Crippen LogP contribution in [0.2, 0.25) is 5.02 Å². The SMILES string of the molecule is COC(=O)NC(C)CNc1nccc(-c2cn(C(C)C)nc2-c2cc(Cl)cc(N)c2F)n1. The molecule has 0 spiro atoms. The van der Waals surface area contributed by atoms with Crippen LogP contribution in [0.3, 0.4) is 0 Å². The first kappa shape index (κ1) is 23.3. The highest BCUT2D eigenvalue weighted by Crippen LogP contribution is 2.36. The van der Waals surface area contributed by atoms with Crippen LogP contribution >= 0.6 is 11.6 Å². The van der Waals surface area contributed by atoms with E-state index in [1.54, 1.807) is 23.1 Å². The first-order chi connectivity index (χ1) is 15.2. The largest absolute Gasteiger partial charge is 0.453 e. The molecule has 0 saturated heterocycles. The van der Waals surface area contributed by atoms with Gasteiger partial charge in [-0.1, -0.05) is 11.6 Å². The zero-order chi connectivity index (χ0) is 23.4. The van der Waals surface area contributed by atoms with Crippen molar-refractivity contribution >= 4 is 29.3 Å². The van der Waals surface area contributed by atoms with Gasteiger partial charge in [0, 0.05) is 47.2 Å². The molecule has 0 bridgehead atoms. The Balaban J connectivity index is 1.96. The van der Waals surface area contributed by atoms with Gasteiger partial charge in [0.2, 0.25) is 5.95 Å². The van der Waals surface area contributed by atoms with Gasteiger partial charge in [0.25, 0.3) is 0 Å². The zero-order valence-corrected chi connectivity index (χ0v) is 18.9. The number of nitrogens with one attached hydrogen (secondary N) is 2. The molecule has 2 heterocycles. The Kier molecular flexibility index (Phi) is 7.14. The van der Waals surface area contributed by atoms with Gasteiger partial charge in [0.05, 0.1) is 18.5 Å². The van der Waals surface area contributed by atoms with Gasteiger partial charge in [-0.25, -0.2) is 19.2 Å². The molecule has 9 nitrogen and oxygen atoms in total. The number of nitrogens with zero attached hydrogens (tertiary/aromatic N) is 4. The summed E-state index contributed by atoms with van der Waals surface area (Å²) in [5, 5.41) is 10.6. The Morgan fingerprint density at radius 3 is 2.75 bits per heavy atom. The number of ether oxygens (including phenoxy) is 1. The minimum absolute atomic E-state index is 0.0340. The van der Waals surface area contributed by atoms with Crippen molar-refractivity contribution in [2.75, 3.05) is 24.7 Å². The van der Waals surface area contributed by atoms with Crippen molar-refractivity contribution in [3.8, 4) is 22.5 Å². The lowest BCUT2D eigenvalue weighted by molar-refractivity contribution is 0.168. The number of rotatable bonds is 7. The number of carbonyl (C=O) groups is 1. The number of alkyl carbamates (subject to hydrolysis) is 1. The van der Waals surface area contributed by atoms with Crippen LogP contribution < -0.4 is 16.4 Å². The van der Waals surface area contributed by atoms with Crippen LogP contribution in [0.15, 0.2) is 30.6 Å². The van der Waals surface area contributed by atoms with Gasteiger partial charge in [-0.05, 0) is 39.0 Å². The third-order valence-corrected chi connectivity index (χ3v) is 4.85. The standard InChI is InChI=1S/C21H25ClFN7O2/c1-11(2)30-10-15(19(29-30)14-7-13(22)8-16(24)18(14)23)17-5-6-25-20(28-17)26-9-12(3)27-21(31)32-4/h5-8,10-12H,9,24H2,1-4H3,(H,27,31)(H,25,26,28). The molecular formula is C21H25ClFN7O2. The Morgan fingerprint density at radius 2 is 2.06 bits per heavy atom. The second-order valence-electron chi connectivity index (χ2n) is 7.51. The number of nitrogens with two attached hydrogens (primary N) is 1. The molecule has 0 radical (unpaired) electrons. The van der Waals surface area contributed by atoms with Gasteiger partial charge in [0.15, 0.2) is 5.82 Å². The maximum absolute atomic E-state index is 14.9. The summed E-state index contributed by atoms with van der Waals surface area (Å²) in [6.07, 6.45) is 2.86. The van der Waals surface area contributed by atoms with Gasteiger partial charge in [-0.2, -0.15) is 5.10 Å². The summed E-state index contributed by atoms with van der Waals surface area (Å²) in [5.74, 6) is -0.255. The van der Waals surface area contributed by atoms with Crippen LogP contribution in [0, 0.1) is 5.82 Å². The van der Waals surface area contributed by atoms with Crippen LogP contribution in [0.25, 0.3) is 22.5 Å². The van der Waals surface area contributed by atoms with Crippen molar-refractivity contribution in [3.63, 3.8) is 0 Å². The number of hydrogen-bond donors (Lipinski definition) is 3. The Hall–Kier alpha value is -3.40. The van der Waals surface area contributed by atoms with E-state index in [4.69, 9.17) is 17.3 Å². The number of methoxy groups -OCH3 is 1. The van der Waals surface area contributed by atoms with E-state index in [2.05, 4.69) is 30.4 Å². The summed E-state index contributed by atoms with van der Waals surface area (Å²) in [6.45, 7) is 6.11. The molecule has 11 heteroatoms.